The molecule has 1 aliphatic heterocycles. The fourth-order valence-electron chi connectivity index (χ4n) is 3.33. The normalized spacial score (nSPS) is 17.4. The maximum atomic E-state index is 14.1. The van der Waals surface area contributed by atoms with E-state index in [1.165, 1.54) is 18.2 Å². The average Bonchev–Trinajstić information content (AvgIpc) is 3.41. The van der Waals surface area contributed by atoms with Crippen LogP contribution in [0.25, 0.3) is 0 Å². The molecule has 25 heavy (non-hydrogen) atoms. The van der Waals surface area contributed by atoms with Crippen LogP contribution in [-0.2, 0) is 28.1 Å². The second-order valence-corrected chi connectivity index (χ2v) is 6.41. The van der Waals surface area contributed by atoms with Gasteiger partial charge in [0.2, 0.25) is 5.91 Å². The molecule has 0 spiro atoms. The fourth-order valence-corrected chi connectivity index (χ4v) is 3.33. The summed E-state index contributed by atoms with van der Waals surface area (Å²) >= 11 is 0. The van der Waals surface area contributed by atoms with Crippen molar-refractivity contribution in [2.75, 3.05) is 6.79 Å². The molecule has 4 rings (SSSR count). The predicted molar refractivity (Wildman–Crippen MR) is 85.8 cm³/mol. The lowest BCUT2D eigenvalue weighted by atomic mass is 9.94. The van der Waals surface area contributed by atoms with Crippen molar-refractivity contribution in [3.05, 3.63) is 64.7 Å². The Morgan fingerprint density at radius 1 is 1.20 bits per heavy atom. The lowest BCUT2D eigenvalue weighted by molar-refractivity contribution is -0.123. The number of benzene rings is 2. The molecule has 6 heteroatoms. The lowest BCUT2D eigenvalue weighted by Gasteiger charge is -2.22. The Balaban J connectivity index is 1.54. The second kappa shape index (κ2) is 6.11. The molecule has 1 N–H and O–H groups in total. The molecule has 0 bridgehead atoms. The van der Waals surface area contributed by atoms with Gasteiger partial charge in [0.15, 0.2) is 6.79 Å². The molecule has 2 aromatic rings. The molecule has 0 saturated heterocycles. The van der Waals surface area contributed by atoms with Gasteiger partial charge in [-0.15, -0.1) is 0 Å². The third-order valence-electron chi connectivity index (χ3n) is 4.77. The van der Waals surface area contributed by atoms with Crippen LogP contribution in [0.3, 0.4) is 0 Å². The number of rotatable bonds is 4. The van der Waals surface area contributed by atoms with E-state index in [1.807, 2.05) is 0 Å². The summed E-state index contributed by atoms with van der Waals surface area (Å²) in [5.74, 6) is -0.488. The summed E-state index contributed by atoms with van der Waals surface area (Å²) in [6, 6.07) is 9.04. The van der Waals surface area contributed by atoms with Crippen LogP contribution in [0.5, 0.6) is 5.75 Å². The van der Waals surface area contributed by atoms with Crippen molar-refractivity contribution >= 4 is 5.91 Å². The summed E-state index contributed by atoms with van der Waals surface area (Å²) in [4.78, 5) is 12.7. The van der Waals surface area contributed by atoms with Crippen LogP contribution >= 0.6 is 0 Å². The third-order valence-corrected chi connectivity index (χ3v) is 4.77. The third kappa shape index (κ3) is 2.87. The second-order valence-electron chi connectivity index (χ2n) is 6.41. The number of carbonyl (C=O) groups excluding carboxylic acids is 1. The van der Waals surface area contributed by atoms with Crippen molar-refractivity contribution in [3.63, 3.8) is 0 Å². The number of ether oxygens (including phenoxy) is 2. The standard InChI is InChI=1S/C19H17F2NO3/c20-14-7-12(17-13(8-14)10-24-11-25-17)9-22-18(23)19(5-6-19)15-3-1-2-4-16(15)21/h1-4,7-8H,5-6,9-11H2,(H,22,23). The molecule has 1 aliphatic carbocycles. The van der Waals surface area contributed by atoms with Crippen LogP contribution in [-0.4, -0.2) is 12.7 Å². The van der Waals surface area contributed by atoms with E-state index in [-0.39, 0.29) is 31.7 Å². The number of nitrogens with one attached hydrogen (secondary N) is 1. The van der Waals surface area contributed by atoms with Crippen molar-refractivity contribution in [2.24, 2.45) is 0 Å². The maximum Gasteiger partial charge on any atom is 0.231 e. The molecule has 1 amide bonds. The number of fused-ring (bicyclic) bond motifs is 1. The van der Waals surface area contributed by atoms with Gasteiger partial charge in [-0.25, -0.2) is 8.78 Å². The molecule has 2 aliphatic rings. The van der Waals surface area contributed by atoms with Crippen LogP contribution < -0.4 is 10.1 Å². The highest BCUT2D eigenvalue weighted by Crippen LogP contribution is 2.49. The molecular weight excluding hydrogens is 328 g/mol. The van der Waals surface area contributed by atoms with Gasteiger partial charge in [0.1, 0.15) is 17.4 Å². The Morgan fingerprint density at radius 2 is 2.00 bits per heavy atom. The average molecular weight is 345 g/mol. The molecule has 1 heterocycles. The SMILES string of the molecule is O=C(NCc1cc(F)cc2c1OCOC2)C1(c2ccccc2F)CC1. The highest BCUT2D eigenvalue weighted by molar-refractivity contribution is 5.91. The number of hydrogen-bond acceptors (Lipinski definition) is 3. The van der Waals surface area contributed by atoms with Gasteiger partial charge < -0.3 is 14.8 Å². The predicted octanol–water partition coefficient (Wildman–Crippen LogP) is 3.18. The highest BCUT2D eigenvalue weighted by atomic mass is 19.1. The van der Waals surface area contributed by atoms with Crippen molar-refractivity contribution in [1.29, 1.82) is 0 Å². The maximum absolute atomic E-state index is 14.1. The monoisotopic (exact) mass is 345 g/mol. The number of halogens is 2. The summed E-state index contributed by atoms with van der Waals surface area (Å²) in [6.07, 6.45) is 1.21. The van der Waals surface area contributed by atoms with Gasteiger partial charge in [-0.3, -0.25) is 4.79 Å². The van der Waals surface area contributed by atoms with E-state index in [0.29, 0.717) is 35.3 Å². The van der Waals surface area contributed by atoms with E-state index >= 15 is 0 Å². The van der Waals surface area contributed by atoms with Gasteiger partial charge >= 0.3 is 0 Å². The molecule has 0 unspecified atom stereocenters. The van der Waals surface area contributed by atoms with Gasteiger partial charge in [0.25, 0.3) is 0 Å². The molecule has 4 nitrogen and oxygen atoms in total. The lowest BCUT2D eigenvalue weighted by Crippen LogP contribution is -2.35. The first-order valence-corrected chi connectivity index (χ1v) is 8.15. The van der Waals surface area contributed by atoms with Gasteiger partial charge in [0, 0.05) is 23.2 Å². The summed E-state index contributed by atoms with van der Waals surface area (Å²) in [7, 11) is 0. The molecule has 0 aromatic heterocycles. The van der Waals surface area contributed by atoms with Crippen molar-refractivity contribution in [2.45, 2.75) is 31.4 Å². The summed E-state index contributed by atoms with van der Waals surface area (Å²) in [5.41, 5.74) is 0.767. The zero-order valence-corrected chi connectivity index (χ0v) is 13.5. The summed E-state index contributed by atoms with van der Waals surface area (Å²) in [6.45, 7) is 0.487. The van der Waals surface area contributed by atoms with Gasteiger partial charge in [-0.2, -0.15) is 0 Å². The van der Waals surface area contributed by atoms with E-state index in [9.17, 15) is 13.6 Å². The fraction of sp³-hybridized carbons (Fsp3) is 0.316. The Morgan fingerprint density at radius 3 is 2.76 bits per heavy atom. The Kier molecular flexibility index (Phi) is 3.92. The quantitative estimate of drug-likeness (QED) is 0.926. The van der Waals surface area contributed by atoms with Crippen LogP contribution in [0.4, 0.5) is 8.78 Å². The Hall–Kier alpha value is -2.47. The van der Waals surface area contributed by atoms with Crippen LogP contribution in [0.1, 0.15) is 29.5 Å². The summed E-state index contributed by atoms with van der Waals surface area (Å²) < 4.78 is 38.4. The van der Waals surface area contributed by atoms with E-state index in [0.717, 1.165) is 0 Å². The first kappa shape index (κ1) is 16.0. The zero-order chi connectivity index (χ0) is 17.4. The van der Waals surface area contributed by atoms with E-state index < -0.39 is 11.2 Å². The van der Waals surface area contributed by atoms with Gasteiger partial charge in [-0.1, -0.05) is 18.2 Å². The molecular formula is C19H17F2NO3. The summed E-state index contributed by atoms with van der Waals surface area (Å²) in [5, 5.41) is 2.81. The van der Waals surface area contributed by atoms with Crippen molar-refractivity contribution in [1.82, 2.24) is 5.32 Å². The van der Waals surface area contributed by atoms with Crippen LogP contribution in [0.2, 0.25) is 0 Å². The van der Waals surface area contributed by atoms with Gasteiger partial charge in [-0.05, 0) is 31.0 Å². The van der Waals surface area contributed by atoms with Crippen molar-refractivity contribution < 1.29 is 23.0 Å². The van der Waals surface area contributed by atoms with E-state index in [4.69, 9.17) is 9.47 Å². The van der Waals surface area contributed by atoms with Crippen LogP contribution in [0, 0.1) is 11.6 Å². The molecule has 1 fully saturated rings. The Labute approximate surface area is 143 Å². The largest absolute Gasteiger partial charge is 0.467 e. The van der Waals surface area contributed by atoms with Gasteiger partial charge in [0.05, 0.1) is 12.0 Å². The topological polar surface area (TPSA) is 47.6 Å². The number of hydrogen-bond donors (Lipinski definition) is 1. The smallest absolute Gasteiger partial charge is 0.231 e. The first-order valence-electron chi connectivity index (χ1n) is 8.15. The van der Waals surface area contributed by atoms with E-state index in [2.05, 4.69) is 5.32 Å². The Bertz CT molecular complexity index is 833. The molecule has 0 radical (unpaired) electrons. The number of amides is 1. The molecule has 2 aromatic carbocycles. The minimum Gasteiger partial charge on any atom is -0.467 e. The minimum atomic E-state index is -0.817. The van der Waals surface area contributed by atoms with Crippen molar-refractivity contribution in [3.8, 4) is 5.75 Å². The highest BCUT2D eigenvalue weighted by Gasteiger charge is 2.52. The minimum absolute atomic E-state index is 0.0960. The number of carbonyl (C=O) groups is 1. The first-order chi connectivity index (χ1) is 12.1. The van der Waals surface area contributed by atoms with E-state index in [1.54, 1.807) is 18.2 Å². The van der Waals surface area contributed by atoms with Crippen LogP contribution in [0.15, 0.2) is 36.4 Å². The zero-order valence-electron chi connectivity index (χ0n) is 13.5. The molecule has 0 atom stereocenters. The molecule has 1 saturated carbocycles. The molecule has 130 valence electrons.